The van der Waals surface area contributed by atoms with E-state index in [4.69, 9.17) is 11.0 Å². The molecule has 0 fully saturated rings. The average molecular weight is 504 g/mol. The van der Waals surface area contributed by atoms with Gasteiger partial charge in [-0.25, -0.2) is 17.7 Å². The van der Waals surface area contributed by atoms with Gasteiger partial charge in [-0.05, 0) is 51.5 Å². The third-order valence-electron chi connectivity index (χ3n) is 5.73. The number of carbonyl (C=O) groups is 1. The summed E-state index contributed by atoms with van der Waals surface area (Å²) < 4.78 is 42.0. The number of rotatable bonds is 10. The van der Waals surface area contributed by atoms with Gasteiger partial charge in [-0.15, -0.1) is 0 Å². The van der Waals surface area contributed by atoms with E-state index in [2.05, 4.69) is 20.7 Å². The number of aromatic nitrogens is 3. The van der Waals surface area contributed by atoms with Crippen molar-refractivity contribution >= 4 is 17.1 Å². The van der Waals surface area contributed by atoms with E-state index < -0.39 is 36.2 Å². The van der Waals surface area contributed by atoms with Crippen molar-refractivity contribution < 1.29 is 23.1 Å². The molecule has 12 heteroatoms. The van der Waals surface area contributed by atoms with Crippen molar-refractivity contribution in [1.29, 1.82) is 5.26 Å². The summed E-state index contributed by atoms with van der Waals surface area (Å²) in [7, 11) is 0. The standard InChI is InChI=1S/C24H28F3N7O2/c1-23(2,36)20(25)13-32-21(35)16-12-31-18(9-17(16)30-7-6-24(3,29)22(26)27)19-5-4-15-8-14(10-28)11-33-34(15)19/h4-5,8-9,11-12,20,22,36H,6-7,13,29H2,1-3H3,(H,30,31)(H,32,35). The highest BCUT2D eigenvalue weighted by Crippen LogP contribution is 2.26. The number of hydrogen-bond acceptors (Lipinski definition) is 7. The molecule has 0 radical (unpaired) electrons. The first-order valence-electron chi connectivity index (χ1n) is 11.2. The van der Waals surface area contributed by atoms with Crippen molar-refractivity contribution in [3.63, 3.8) is 0 Å². The second-order valence-corrected chi connectivity index (χ2v) is 9.34. The third-order valence-corrected chi connectivity index (χ3v) is 5.73. The van der Waals surface area contributed by atoms with E-state index in [-0.39, 0.29) is 24.2 Å². The number of aliphatic hydroxyl groups is 1. The lowest BCUT2D eigenvalue weighted by Gasteiger charge is -2.24. The Balaban J connectivity index is 1.92. The number of hydrogen-bond donors (Lipinski definition) is 4. The Kier molecular flexibility index (Phi) is 7.86. The van der Waals surface area contributed by atoms with Crippen LogP contribution < -0.4 is 16.4 Å². The lowest BCUT2D eigenvalue weighted by molar-refractivity contribution is -0.00177. The predicted octanol–water partition coefficient (Wildman–Crippen LogP) is 2.89. The van der Waals surface area contributed by atoms with Crippen LogP contribution >= 0.6 is 0 Å². The summed E-state index contributed by atoms with van der Waals surface area (Å²) in [6, 6.07) is 8.71. The second-order valence-electron chi connectivity index (χ2n) is 9.34. The monoisotopic (exact) mass is 503 g/mol. The first-order chi connectivity index (χ1) is 16.8. The fourth-order valence-electron chi connectivity index (χ4n) is 3.28. The molecule has 0 bridgehead atoms. The lowest BCUT2D eigenvalue weighted by atomic mass is 10.00. The summed E-state index contributed by atoms with van der Waals surface area (Å²) in [5.74, 6) is -0.662. The number of amides is 1. The quantitative estimate of drug-likeness (QED) is 0.333. The van der Waals surface area contributed by atoms with Gasteiger partial charge in [0.15, 0.2) is 0 Å². The second kappa shape index (κ2) is 10.5. The molecule has 0 aromatic carbocycles. The fourth-order valence-corrected chi connectivity index (χ4v) is 3.28. The summed E-state index contributed by atoms with van der Waals surface area (Å²) in [5, 5.41) is 28.5. The molecule has 3 aromatic heterocycles. The average Bonchev–Trinajstić information content (AvgIpc) is 3.24. The van der Waals surface area contributed by atoms with Gasteiger partial charge in [0.25, 0.3) is 12.3 Å². The van der Waals surface area contributed by atoms with Crippen molar-refractivity contribution in [3.8, 4) is 17.5 Å². The smallest absolute Gasteiger partial charge is 0.256 e. The minimum Gasteiger partial charge on any atom is -0.387 e. The van der Waals surface area contributed by atoms with Crippen LogP contribution in [0.25, 0.3) is 16.9 Å². The molecule has 0 saturated carbocycles. The fraction of sp³-hybridized carbons (Fsp3) is 0.417. The number of halogens is 3. The van der Waals surface area contributed by atoms with Crippen LogP contribution in [0.4, 0.5) is 18.9 Å². The number of carbonyl (C=O) groups excluding carboxylic acids is 1. The van der Waals surface area contributed by atoms with Crippen molar-refractivity contribution in [1.82, 2.24) is 19.9 Å². The van der Waals surface area contributed by atoms with Gasteiger partial charge in [0.2, 0.25) is 0 Å². The van der Waals surface area contributed by atoms with Gasteiger partial charge in [-0.3, -0.25) is 9.78 Å². The molecule has 0 spiro atoms. The SMILES string of the molecule is CC(C)(O)C(F)CNC(=O)c1cnc(-c2ccc3cc(C#N)cnn23)cc1NCCC(C)(N)C(F)F. The van der Waals surface area contributed by atoms with Crippen LogP contribution in [0.5, 0.6) is 0 Å². The van der Waals surface area contributed by atoms with Crippen molar-refractivity contribution in [2.75, 3.05) is 18.4 Å². The molecule has 36 heavy (non-hydrogen) atoms. The Morgan fingerprint density at radius 3 is 2.61 bits per heavy atom. The van der Waals surface area contributed by atoms with Gasteiger partial charge in [0.1, 0.15) is 12.2 Å². The molecule has 0 aliphatic heterocycles. The number of pyridine rings is 1. The van der Waals surface area contributed by atoms with E-state index in [1.165, 1.54) is 33.2 Å². The molecule has 2 atom stereocenters. The van der Waals surface area contributed by atoms with Gasteiger partial charge in [0.05, 0.1) is 57.6 Å². The number of nitrogens with two attached hydrogens (primary N) is 1. The van der Waals surface area contributed by atoms with E-state index in [0.717, 1.165) is 0 Å². The first-order valence-corrected chi connectivity index (χ1v) is 11.2. The number of nitriles is 1. The molecular formula is C24H28F3N7O2. The number of nitrogens with one attached hydrogen (secondary N) is 2. The number of anilines is 1. The lowest BCUT2D eigenvalue weighted by Crippen LogP contribution is -2.45. The van der Waals surface area contributed by atoms with Crippen LogP contribution in [-0.2, 0) is 0 Å². The molecule has 192 valence electrons. The highest BCUT2D eigenvalue weighted by molar-refractivity contribution is 6.00. The normalized spacial score (nSPS) is 14.3. The maximum absolute atomic E-state index is 14.1. The van der Waals surface area contributed by atoms with Crippen LogP contribution in [0.3, 0.4) is 0 Å². The van der Waals surface area contributed by atoms with Crippen LogP contribution in [0.1, 0.15) is 43.1 Å². The summed E-state index contributed by atoms with van der Waals surface area (Å²) >= 11 is 0. The highest BCUT2D eigenvalue weighted by atomic mass is 19.3. The highest BCUT2D eigenvalue weighted by Gasteiger charge is 2.30. The molecule has 3 rings (SSSR count). The van der Waals surface area contributed by atoms with Gasteiger partial charge in [-0.1, -0.05) is 0 Å². The number of fused-ring (bicyclic) bond motifs is 1. The van der Waals surface area contributed by atoms with Crippen LogP contribution in [0, 0.1) is 11.3 Å². The van der Waals surface area contributed by atoms with E-state index in [1.54, 1.807) is 28.8 Å². The first kappa shape index (κ1) is 26.9. The maximum Gasteiger partial charge on any atom is 0.256 e. The number of nitrogens with zero attached hydrogens (tertiary/aromatic N) is 4. The van der Waals surface area contributed by atoms with Gasteiger partial charge in [-0.2, -0.15) is 10.4 Å². The minimum atomic E-state index is -2.74. The zero-order valence-electron chi connectivity index (χ0n) is 20.1. The van der Waals surface area contributed by atoms with Gasteiger partial charge >= 0.3 is 0 Å². The Morgan fingerprint density at radius 2 is 1.97 bits per heavy atom. The summed E-state index contributed by atoms with van der Waals surface area (Å²) in [4.78, 5) is 17.2. The van der Waals surface area contributed by atoms with E-state index in [9.17, 15) is 23.1 Å². The molecular weight excluding hydrogens is 475 g/mol. The molecule has 5 N–H and O–H groups in total. The molecule has 0 aliphatic rings. The zero-order chi connectivity index (χ0) is 26.7. The van der Waals surface area contributed by atoms with E-state index in [0.29, 0.717) is 22.5 Å². The Hall–Kier alpha value is -3.69. The van der Waals surface area contributed by atoms with Crippen molar-refractivity contribution in [2.45, 2.75) is 50.9 Å². The van der Waals surface area contributed by atoms with Gasteiger partial charge < -0.3 is 21.5 Å². The van der Waals surface area contributed by atoms with Crippen LogP contribution in [-0.4, -0.2) is 62.4 Å². The third kappa shape index (κ3) is 6.10. The molecule has 1 amide bonds. The molecule has 3 aromatic rings. The Morgan fingerprint density at radius 1 is 1.25 bits per heavy atom. The van der Waals surface area contributed by atoms with Crippen LogP contribution in [0.2, 0.25) is 0 Å². The maximum atomic E-state index is 14.1. The molecule has 0 saturated heterocycles. The van der Waals surface area contributed by atoms with Crippen molar-refractivity contribution in [2.24, 2.45) is 5.73 Å². The summed E-state index contributed by atoms with van der Waals surface area (Å²) in [6.07, 6.45) is -1.87. The molecule has 3 heterocycles. The minimum absolute atomic E-state index is 0.0230. The van der Waals surface area contributed by atoms with Crippen molar-refractivity contribution in [3.05, 3.63) is 47.8 Å². The van der Waals surface area contributed by atoms with E-state index in [1.807, 2.05) is 6.07 Å². The predicted molar refractivity (Wildman–Crippen MR) is 128 cm³/mol. The van der Waals surface area contributed by atoms with E-state index >= 15 is 0 Å². The van der Waals surface area contributed by atoms with Crippen LogP contribution in [0.15, 0.2) is 36.7 Å². The molecule has 0 aliphatic carbocycles. The molecule has 9 nitrogen and oxygen atoms in total. The Bertz CT molecular complexity index is 1280. The zero-order valence-corrected chi connectivity index (χ0v) is 20.1. The Labute approximate surface area is 206 Å². The summed E-state index contributed by atoms with van der Waals surface area (Å²) in [6.45, 7) is 3.39. The largest absolute Gasteiger partial charge is 0.387 e. The molecule has 2 unspecified atom stereocenters. The number of alkyl halides is 3. The summed E-state index contributed by atoms with van der Waals surface area (Å²) in [5.41, 5.74) is 4.60. The topological polar surface area (TPSA) is 141 Å². The van der Waals surface area contributed by atoms with Gasteiger partial charge in [0, 0.05) is 12.7 Å².